The molecule has 0 aromatic carbocycles. The van der Waals surface area contributed by atoms with E-state index in [0.29, 0.717) is 6.42 Å². The molecule has 0 atom stereocenters. The van der Waals surface area contributed by atoms with Gasteiger partial charge in [-0.15, -0.1) is 0 Å². The fraction of sp³-hybridized carbons (Fsp3) is 0.308. The lowest BCUT2D eigenvalue weighted by molar-refractivity contribution is -0.118. The molecule has 1 aromatic heterocycles. The monoisotopic (exact) mass is 229 g/mol. The Bertz CT molecular complexity index is 525. The van der Waals surface area contributed by atoms with Crippen LogP contribution in [0, 0.1) is 0 Å². The van der Waals surface area contributed by atoms with E-state index in [9.17, 15) is 4.79 Å². The quantitative estimate of drug-likeness (QED) is 0.843. The summed E-state index contributed by atoms with van der Waals surface area (Å²) in [4.78, 5) is 13.1. The molecule has 2 N–H and O–H groups in total. The van der Waals surface area contributed by atoms with Gasteiger partial charge in [0.05, 0.1) is 6.67 Å². The van der Waals surface area contributed by atoms with Crippen LogP contribution in [0.5, 0.6) is 0 Å². The van der Waals surface area contributed by atoms with E-state index in [4.69, 9.17) is 5.73 Å². The molecule has 1 aromatic rings. The van der Waals surface area contributed by atoms with Gasteiger partial charge in [-0.05, 0) is 30.7 Å². The first-order valence-corrected chi connectivity index (χ1v) is 5.84. The number of rotatable bonds is 3. The SMILES string of the molecule is NC(=O)CCc1ccc2n1CN1CC=CC1=C2. The van der Waals surface area contributed by atoms with Gasteiger partial charge >= 0.3 is 0 Å². The highest BCUT2D eigenvalue weighted by atomic mass is 16.1. The van der Waals surface area contributed by atoms with Crippen LogP contribution >= 0.6 is 0 Å². The van der Waals surface area contributed by atoms with Crippen molar-refractivity contribution in [2.75, 3.05) is 6.54 Å². The number of carbonyl (C=O) groups excluding carboxylic acids is 1. The molecule has 3 heterocycles. The van der Waals surface area contributed by atoms with Gasteiger partial charge in [-0.3, -0.25) is 4.79 Å². The van der Waals surface area contributed by atoms with Gasteiger partial charge in [0, 0.05) is 30.1 Å². The zero-order chi connectivity index (χ0) is 11.8. The summed E-state index contributed by atoms with van der Waals surface area (Å²) in [6.45, 7) is 1.84. The fourth-order valence-electron chi connectivity index (χ4n) is 2.41. The Morgan fingerprint density at radius 2 is 2.29 bits per heavy atom. The second kappa shape index (κ2) is 3.80. The molecule has 1 amide bonds. The maximum atomic E-state index is 10.8. The largest absolute Gasteiger partial charge is 0.370 e. The van der Waals surface area contributed by atoms with Crippen LogP contribution in [-0.2, 0) is 17.9 Å². The molecule has 0 aliphatic carbocycles. The van der Waals surface area contributed by atoms with Crippen molar-refractivity contribution in [1.29, 1.82) is 0 Å². The Balaban J connectivity index is 1.87. The van der Waals surface area contributed by atoms with E-state index in [1.807, 2.05) is 0 Å². The average Bonchev–Trinajstić information content (AvgIpc) is 2.88. The second-order valence-electron chi connectivity index (χ2n) is 4.48. The first-order valence-electron chi connectivity index (χ1n) is 5.84. The predicted octanol–water partition coefficient (Wildman–Crippen LogP) is 1.09. The number of nitrogens with two attached hydrogens (primary N) is 1. The van der Waals surface area contributed by atoms with Gasteiger partial charge in [0.25, 0.3) is 0 Å². The molecular weight excluding hydrogens is 214 g/mol. The summed E-state index contributed by atoms with van der Waals surface area (Å²) in [5.74, 6) is -0.240. The molecule has 88 valence electrons. The number of hydrogen-bond donors (Lipinski definition) is 1. The number of nitrogens with zero attached hydrogens (tertiary/aromatic N) is 2. The number of amides is 1. The zero-order valence-electron chi connectivity index (χ0n) is 9.60. The maximum Gasteiger partial charge on any atom is 0.217 e. The molecule has 0 saturated heterocycles. The highest BCUT2D eigenvalue weighted by molar-refractivity contribution is 5.74. The van der Waals surface area contributed by atoms with Gasteiger partial charge in [-0.2, -0.15) is 0 Å². The Kier molecular flexibility index (Phi) is 2.28. The summed E-state index contributed by atoms with van der Waals surface area (Å²) in [5.41, 5.74) is 8.86. The van der Waals surface area contributed by atoms with Gasteiger partial charge in [0.15, 0.2) is 0 Å². The number of aromatic nitrogens is 1. The van der Waals surface area contributed by atoms with Gasteiger partial charge in [0.2, 0.25) is 5.91 Å². The minimum absolute atomic E-state index is 0.240. The summed E-state index contributed by atoms with van der Waals surface area (Å²) in [5, 5.41) is 0. The molecule has 3 rings (SSSR count). The Labute approximate surface area is 100 Å². The van der Waals surface area contributed by atoms with E-state index in [2.05, 4.69) is 39.8 Å². The van der Waals surface area contributed by atoms with Crippen LogP contribution < -0.4 is 5.73 Å². The minimum atomic E-state index is -0.240. The molecule has 0 saturated carbocycles. The first kappa shape index (κ1) is 10.2. The number of hydrogen-bond acceptors (Lipinski definition) is 2. The van der Waals surface area contributed by atoms with Crippen LogP contribution in [0.25, 0.3) is 6.08 Å². The van der Waals surface area contributed by atoms with E-state index >= 15 is 0 Å². The van der Waals surface area contributed by atoms with Crippen LogP contribution in [0.15, 0.2) is 30.0 Å². The van der Waals surface area contributed by atoms with Crippen molar-refractivity contribution in [3.05, 3.63) is 41.4 Å². The Morgan fingerprint density at radius 1 is 1.41 bits per heavy atom. The molecule has 0 bridgehead atoms. The molecule has 0 radical (unpaired) electrons. The molecule has 4 heteroatoms. The molecule has 2 aliphatic rings. The zero-order valence-corrected chi connectivity index (χ0v) is 9.60. The van der Waals surface area contributed by atoms with Crippen LogP contribution in [0.3, 0.4) is 0 Å². The van der Waals surface area contributed by atoms with Crippen molar-refractivity contribution < 1.29 is 4.79 Å². The van der Waals surface area contributed by atoms with E-state index in [-0.39, 0.29) is 5.91 Å². The maximum absolute atomic E-state index is 10.8. The molecule has 17 heavy (non-hydrogen) atoms. The lowest BCUT2D eigenvalue weighted by atomic mass is 10.2. The van der Waals surface area contributed by atoms with Crippen LogP contribution in [0.4, 0.5) is 0 Å². The fourth-order valence-corrected chi connectivity index (χ4v) is 2.41. The number of aryl methyl sites for hydroxylation is 1. The molecule has 0 unspecified atom stereocenters. The van der Waals surface area contributed by atoms with Gasteiger partial charge in [0.1, 0.15) is 0 Å². The van der Waals surface area contributed by atoms with Crippen molar-refractivity contribution in [2.24, 2.45) is 5.73 Å². The number of carbonyl (C=O) groups is 1. The van der Waals surface area contributed by atoms with Crippen molar-refractivity contribution in [3.8, 4) is 0 Å². The molecule has 2 aliphatic heterocycles. The normalized spacial score (nSPS) is 16.7. The highest BCUT2D eigenvalue weighted by Gasteiger charge is 2.20. The van der Waals surface area contributed by atoms with Crippen molar-refractivity contribution in [2.45, 2.75) is 19.5 Å². The van der Waals surface area contributed by atoms with Gasteiger partial charge < -0.3 is 15.2 Å². The summed E-state index contributed by atoms with van der Waals surface area (Å²) in [7, 11) is 0. The van der Waals surface area contributed by atoms with Crippen LogP contribution in [0.1, 0.15) is 17.8 Å². The standard InChI is InChI=1S/C13H15N3O/c14-13(17)6-5-10-3-4-12-8-11-2-1-7-15(11)9-16(10)12/h1-4,8H,5-7,9H2,(H2,14,17). The van der Waals surface area contributed by atoms with Crippen molar-refractivity contribution in [1.82, 2.24) is 9.47 Å². The molecule has 0 fully saturated rings. The summed E-state index contributed by atoms with van der Waals surface area (Å²) in [6.07, 6.45) is 7.64. The average molecular weight is 229 g/mol. The lowest BCUT2D eigenvalue weighted by Gasteiger charge is -2.27. The van der Waals surface area contributed by atoms with Gasteiger partial charge in [-0.25, -0.2) is 0 Å². The molecule has 4 nitrogen and oxygen atoms in total. The topological polar surface area (TPSA) is 51.3 Å². The predicted molar refractivity (Wildman–Crippen MR) is 65.8 cm³/mol. The number of fused-ring (bicyclic) bond motifs is 2. The Hall–Kier alpha value is -1.97. The van der Waals surface area contributed by atoms with Crippen molar-refractivity contribution >= 4 is 12.0 Å². The summed E-state index contributed by atoms with van der Waals surface area (Å²) in [6, 6.07) is 4.19. The van der Waals surface area contributed by atoms with Crippen molar-refractivity contribution in [3.63, 3.8) is 0 Å². The smallest absolute Gasteiger partial charge is 0.217 e. The van der Waals surface area contributed by atoms with E-state index in [1.54, 1.807) is 0 Å². The van der Waals surface area contributed by atoms with Gasteiger partial charge in [-0.1, -0.05) is 6.08 Å². The van der Waals surface area contributed by atoms with E-state index < -0.39 is 0 Å². The third kappa shape index (κ3) is 1.75. The third-order valence-corrected chi connectivity index (χ3v) is 3.32. The molecular formula is C13H15N3O. The lowest BCUT2D eigenvalue weighted by Crippen LogP contribution is -2.27. The Morgan fingerprint density at radius 3 is 3.12 bits per heavy atom. The van der Waals surface area contributed by atoms with E-state index in [0.717, 1.165) is 19.6 Å². The summed E-state index contributed by atoms with van der Waals surface area (Å²) >= 11 is 0. The number of allylic oxidation sites excluding steroid dienone is 1. The summed E-state index contributed by atoms with van der Waals surface area (Å²) < 4.78 is 2.25. The molecule has 0 spiro atoms. The second-order valence-corrected chi connectivity index (χ2v) is 4.48. The first-order chi connectivity index (χ1) is 8.24. The van der Waals surface area contributed by atoms with E-state index in [1.165, 1.54) is 17.1 Å². The minimum Gasteiger partial charge on any atom is -0.370 e. The van der Waals surface area contributed by atoms with Crippen LogP contribution in [0.2, 0.25) is 0 Å². The number of primary amides is 1. The van der Waals surface area contributed by atoms with Crippen LogP contribution in [-0.4, -0.2) is 21.9 Å². The third-order valence-electron chi connectivity index (χ3n) is 3.32. The highest BCUT2D eigenvalue weighted by Crippen LogP contribution is 2.26.